The average molecular weight is 225 g/mol. The Labute approximate surface area is 94.5 Å². The molecule has 1 aromatic rings. The van der Waals surface area contributed by atoms with Crippen molar-refractivity contribution in [1.29, 1.82) is 0 Å². The van der Waals surface area contributed by atoms with E-state index >= 15 is 0 Å². The van der Waals surface area contributed by atoms with Gasteiger partial charge in [-0.25, -0.2) is 0 Å². The molecule has 0 saturated heterocycles. The van der Waals surface area contributed by atoms with E-state index in [4.69, 9.17) is 12.2 Å². The summed E-state index contributed by atoms with van der Waals surface area (Å²) in [7, 11) is 0. The summed E-state index contributed by atoms with van der Waals surface area (Å²) < 4.78 is 0. The molecule has 0 amide bonds. The Bertz CT molecular complexity index is 264. The van der Waals surface area contributed by atoms with Crippen molar-refractivity contribution >= 4 is 29.3 Å². The van der Waals surface area contributed by atoms with Crippen LogP contribution in [0.25, 0.3) is 0 Å². The maximum absolute atomic E-state index is 4.86. The highest BCUT2D eigenvalue weighted by molar-refractivity contribution is 8.01. The second kappa shape index (κ2) is 6.92. The molecule has 0 aliphatic carbocycles. The van der Waals surface area contributed by atoms with Crippen LogP contribution >= 0.6 is 24.0 Å². The number of nitrogens with zero attached hydrogens (tertiary/aromatic N) is 1. The van der Waals surface area contributed by atoms with Gasteiger partial charge in [-0.3, -0.25) is 4.98 Å². The largest absolute Gasteiger partial charge is 0.316 e. The Kier molecular flexibility index (Phi) is 5.75. The average Bonchev–Trinajstić information content (AvgIpc) is 2.25. The minimum atomic E-state index is 0.229. The Balaban J connectivity index is 2.44. The lowest BCUT2D eigenvalue weighted by Crippen LogP contribution is -2.24. The van der Waals surface area contributed by atoms with E-state index in [2.05, 4.69) is 22.6 Å². The minimum Gasteiger partial charge on any atom is -0.316 e. The lowest BCUT2D eigenvalue weighted by molar-refractivity contribution is 0.749. The van der Waals surface area contributed by atoms with E-state index < -0.39 is 0 Å². The summed E-state index contributed by atoms with van der Waals surface area (Å²) in [4.78, 5) is 5.15. The van der Waals surface area contributed by atoms with Crippen molar-refractivity contribution in [2.24, 2.45) is 0 Å². The van der Waals surface area contributed by atoms with E-state index in [0.717, 1.165) is 13.1 Å². The lowest BCUT2D eigenvalue weighted by Gasteiger charge is -2.10. The van der Waals surface area contributed by atoms with Gasteiger partial charge < -0.3 is 5.32 Å². The van der Waals surface area contributed by atoms with E-state index in [-0.39, 0.29) is 5.25 Å². The molecule has 0 saturated carbocycles. The maximum Gasteiger partial charge on any atom is 0.0582 e. The van der Waals surface area contributed by atoms with Crippen LogP contribution in [0.15, 0.2) is 29.4 Å². The summed E-state index contributed by atoms with van der Waals surface area (Å²) in [6.07, 6.45) is 3.58. The second-order valence-corrected chi connectivity index (χ2v) is 4.23. The van der Waals surface area contributed by atoms with Crippen LogP contribution in [0.1, 0.15) is 6.92 Å². The minimum absolute atomic E-state index is 0.229. The van der Waals surface area contributed by atoms with Crippen LogP contribution < -0.4 is 5.32 Å². The van der Waals surface area contributed by atoms with Gasteiger partial charge in [0.1, 0.15) is 0 Å². The van der Waals surface area contributed by atoms with Crippen molar-refractivity contribution in [2.45, 2.75) is 17.1 Å². The maximum atomic E-state index is 4.86. The first-order valence-electron chi connectivity index (χ1n) is 4.52. The second-order valence-electron chi connectivity index (χ2n) is 2.71. The number of pyridine rings is 1. The van der Waals surface area contributed by atoms with Crippen molar-refractivity contribution in [2.75, 3.05) is 13.1 Å². The monoisotopic (exact) mass is 225 g/mol. The van der Waals surface area contributed by atoms with E-state index in [1.807, 2.05) is 12.1 Å². The van der Waals surface area contributed by atoms with Crippen LogP contribution in [0.3, 0.4) is 0 Å². The van der Waals surface area contributed by atoms with Crippen LogP contribution in [-0.4, -0.2) is 28.7 Å². The molecule has 0 aliphatic heterocycles. The van der Waals surface area contributed by atoms with Crippen LogP contribution in [0.2, 0.25) is 0 Å². The molecule has 0 fully saturated rings. The number of rotatable bonds is 6. The summed E-state index contributed by atoms with van der Waals surface area (Å²) in [5.74, 6) is 0. The summed E-state index contributed by atoms with van der Waals surface area (Å²) >= 11 is 6.57. The first-order chi connectivity index (χ1) is 6.86. The SMILES string of the molecule is CCNCC([C]=S)Sc1ccncc1. The van der Waals surface area contributed by atoms with Crippen molar-refractivity contribution < 1.29 is 0 Å². The van der Waals surface area contributed by atoms with Gasteiger partial charge in [0.05, 0.1) is 5.25 Å². The third-order valence-electron chi connectivity index (χ3n) is 1.64. The Morgan fingerprint density at radius 3 is 2.86 bits per heavy atom. The normalized spacial score (nSPS) is 12.4. The molecule has 0 aliphatic rings. The highest BCUT2D eigenvalue weighted by Gasteiger charge is 2.06. The molecular weight excluding hydrogens is 212 g/mol. The highest BCUT2D eigenvalue weighted by Crippen LogP contribution is 2.20. The van der Waals surface area contributed by atoms with Gasteiger partial charge in [-0.15, -0.1) is 11.8 Å². The molecule has 1 heterocycles. The zero-order valence-corrected chi connectivity index (χ0v) is 9.70. The molecule has 1 unspecified atom stereocenters. The smallest absolute Gasteiger partial charge is 0.0582 e. The van der Waals surface area contributed by atoms with Crippen LogP contribution in [0.4, 0.5) is 0 Å². The van der Waals surface area contributed by atoms with Crippen LogP contribution in [-0.2, 0) is 0 Å². The number of aromatic nitrogens is 1. The molecule has 2 nitrogen and oxygen atoms in total. The third kappa shape index (κ3) is 4.17. The lowest BCUT2D eigenvalue weighted by atomic mass is 10.4. The number of nitrogens with one attached hydrogen (secondary N) is 1. The molecule has 1 atom stereocenters. The Morgan fingerprint density at radius 2 is 2.29 bits per heavy atom. The van der Waals surface area contributed by atoms with Crippen LogP contribution in [0, 0.1) is 0 Å². The molecule has 75 valence electrons. The van der Waals surface area contributed by atoms with Gasteiger partial charge in [0.15, 0.2) is 0 Å². The molecule has 1 N–H and O–H groups in total. The van der Waals surface area contributed by atoms with Crippen molar-refractivity contribution in [3.05, 3.63) is 24.5 Å². The Hall–Kier alpha value is -0.450. The zero-order valence-electron chi connectivity index (χ0n) is 8.06. The Morgan fingerprint density at radius 1 is 1.57 bits per heavy atom. The molecule has 4 heteroatoms. The predicted octanol–water partition coefficient (Wildman–Crippen LogP) is 2.03. The molecule has 0 aromatic carbocycles. The number of thiocarbonyl (C=S) groups is 1. The van der Waals surface area contributed by atoms with E-state index in [0.29, 0.717) is 0 Å². The number of hydrogen-bond donors (Lipinski definition) is 1. The summed E-state index contributed by atoms with van der Waals surface area (Å²) in [5.41, 5.74) is 0. The molecule has 14 heavy (non-hydrogen) atoms. The van der Waals surface area contributed by atoms with Crippen molar-refractivity contribution in [3.63, 3.8) is 0 Å². The number of hydrogen-bond acceptors (Lipinski definition) is 4. The molecule has 1 aromatic heterocycles. The van der Waals surface area contributed by atoms with Gasteiger partial charge >= 0.3 is 0 Å². The van der Waals surface area contributed by atoms with Gasteiger partial charge in [-0.2, -0.15) is 0 Å². The first kappa shape index (κ1) is 11.6. The molecular formula is C10H13N2S2. The molecule has 0 bridgehead atoms. The fourth-order valence-corrected chi connectivity index (χ4v) is 2.05. The highest BCUT2D eigenvalue weighted by atomic mass is 32.2. The van der Waals surface area contributed by atoms with E-state index in [1.165, 1.54) is 4.90 Å². The van der Waals surface area contributed by atoms with Gasteiger partial charge in [0.2, 0.25) is 0 Å². The van der Waals surface area contributed by atoms with E-state index in [9.17, 15) is 0 Å². The van der Waals surface area contributed by atoms with E-state index in [1.54, 1.807) is 24.2 Å². The fraction of sp³-hybridized carbons (Fsp3) is 0.400. The third-order valence-corrected chi connectivity index (χ3v) is 3.19. The van der Waals surface area contributed by atoms with Gasteiger partial charge in [0, 0.05) is 29.2 Å². The van der Waals surface area contributed by atoms with Crippen molar-refractivity contribution in [3.8, 4) is 0 Å². The topological polar surface area (TPSA) is 24.9 Å². The van der Waals surface area contributed by atoms with Gasteiger partial charge in [-0.1, -0.05) is 19.1 Å². The van der Waals surface area contributed by atoms with Gasteiger partial charge in [-0.05, 0) is 18.7 Å². The molecule has 1 radical (unpaired) electrons. The first-order valence-corrected chi connectivity index (χ1v) is 5.80. The summed E-state index contributed by atoms with van der Waals surface area (Å²) in [5, 5.41) is 6.33. The standard InChI is InChI=1S/C10H13N2S2/c1-2-11-7-10(8-13)14-9-3-5-12-6-4-9/h3-6,10-11H,2,7H2,1H3. The molecule has 0 spiro atoms. The van der Waals surface area contributed by atoms with Crippen molar-refractivity contribution in [1.82, 2.24) is 10.3 Å². The fourth-order valence-electron chi connectivity index (χ4n) is 0.964. The quantitative estimate of drug-likeness (QED) is 0.591. The van der Waals surface area contributed by atoms with Gasteiger partial charge in [0.25, 0.3) is 0 Å². The van der Waals surface area contributed by atoms with Crippen LogP contribution in [0.5, 0.6) is 0 Å². The number of thioether (sulfide) groups is 1. The predicted molar refractivity (Wildman–Crippen MR) is 65.0 cm³/mol. The molecule has 1 rings (SSSR count). The summed E-state index contributed by atoms with van der Waals surface area (Å²) in [6, 6.07) is 3.96. The summed E-state index contributed by atoms with van der Waals surface area (Å²) in [6.45, 7) is 3.91. The zero-order chi connectivity index (χ0) is 10.2.